The topological polar surface area (TPSA) is 43.6 Å². The minimum atomic E-state index is -0.258. The summed E-state index contributed by atoms with van der Waals surface area (Å²) in [5, 5.41) is 4.27. The first kappa shape index (κ1) is 13.4. The van der Waals surface area contributed by atoms with Crippen molar-refractivity contribution in [2.45, 2.75) is 13.3 Å². The number of esters is 1. The number of rotatable bonds is 3. The van der Waals surface area contributed by atoms with Crippen molar-refractivity contribution in [3.63, 3.8) is 0 Å². The number of pyridine rings is 1. The number of hydrogen-bond acceptors (Lipinski definition) is 3. The SMILES string of the molecule is COC(=O)Cc1cnn2ccc(-c3cccc(C)c3)cc12. The van der Waals surface area contributed by atoms with Crippen molar-refractivity contribution in [2.75, 3.05) is 7.11 Å². The summed E-state index contributed by atoms with van der Waals surface area (Å²) in [4.78, 5) is 11.5. The summed E-state index contributed by atoms with van der Waals surface area (Å²) in [6.07, 6.45) is 3.86. The molecule has 0 bridgehead atoms. The predicted molar refractivity (Wildman–Crippen MR) is 81.1 cm³/mol. The van der Waals surface area contributed by atoms with Crippen molar-refractivity contribution < 1.29 is 9.53 Å². The molecule has 0 aliphatic rings. The van der Waals surface area contributed by atoms with E-state index >= 15 is 0 Å². The predicted octanol–water partition coefficient (Wildman–Crippen LogP) is 3.03. The number of hydrogen-bond donors (Lipinski definition) is 0. The zero-order valence-corrected chi connectivity index (χ0v) is 12.0. The van der Waals surface area contributed by atoms with E-state index in [9.17, 15) is 4.79 Å². The number of benzene rings is 1. The number of methoxy groups -OCH3 is 1. The summed E-state index contributed by atoms with van der Waals surface area (Å²) in [5.41, 5.74) is 5.28. The van der Waals surface area contributed by atoms with Crippen LogP contribution in [0, 0.1) is 6.92 Å². The molecule has 1 aromatic carbocycles. The Balaban J connectivity index is 2.06. The Bertz CT molecular complexity index is 805. The fourth-order valence-corrected chi connectivity index (χ4v) is 2.40. The molecule has 0 radical (unpaired) electrons. The van der Waals surface area contributed by atoms with Crippen LogP contribution in [-0.2, 0) is 16.0 Å². The number of aryl methyl sites for hydroxylation is 1. The van der Waals surface area contributed by atoms with Crippen molar-refractivity contribution in [1.29, 1.82) is 0 Å². The second kappa shape index (κ2) is 5.40. The average molecular weight is 280 g/mol. The van der Waals surface area contributed by atoms with Crippen molar-refractivity contribution >= 4 is 11.5 Å². The molecule has 0 amide bonds. The Morgan fingerprint density at radius 1 is 1.24 bits per heavy atom. The lowest BCUT2D eigenvalue weighted by Gasteiger charge is -2.05. The van der Waals surface area contributed by atoms with Crippen LogP contribution in [0.3, 0.4) is 0 Å². The Hall–Kier alpha value is -2.62. The van der Waals surface area contributed by atoms with Gasteiger partial charge in [-0.15, -0.1) is 0 Å². The standard InChI is InChI=1S/C17H16N2O2/c1-12-4-3-5-13(8-12)14-6-7-19-16(9-14)15(11-18-19)10-17(20)21-2/h3-9,11H,10H2,1-2H3. The highest BCUT2D eigenvalue weighted by Crippen LogP contribution is 2.23. The highest BCUT2D eigenvalue weighted by atomic mass is 16.5. The average Bonchev–Trinajstić information content (AvgIpc) is 2.89. The van der Waals surface area contributed by atoms with Crippen LogP contribution in [0.1, 0.15) is 11.1 Å². The number of carbonyl (C=O) groups is 1. The third-order valence-corrected chi connectivity index (χ3v) is 3.52. The van der Waals surface area contributed by atoms with Crippen molar-refractivity contribution in [1.82, 2.24) is 9.61 Å². The van der Waals surface area contributed by atoms with Gasteiger partial charge in [0, 0.05) is 11.8 Å². The van der Waals surface area contributed by atoms with Crippen LogP contribution >= 0.6 is 0 Å². The lowest BCUT2D eigenvalue weighted by molar-refractivity contribution is -0.139. The lowest BCUT2D eigenvalue weighted by Crippen LogP contribution is -2.04. The van der Waals surface area contributed by atoms with Gasteiger partial charge in [0.2, 0.25) is 0 Å². The van der Waals surface area contributed by atoms with E-state index in [0.717, 1.165) is 22.2 Å². The van der Waals surface area contributed by atoms with Crippen LogP contribution in [-0.4, -0.2) is 22.7 Å². The summed E-state index contributed by atoms with van der Waals surface area (Å²) < 4.78 is 6.50. The zero-order chi connectivity index (χ0) is 14.8. The van der Waals surface area contributed by atoms with Crippen molar-refractivity contribution in [3.8, 4) is 11.1 Å². The lowest BCUT2D eigenvalue weighted by atomic mass is 10.0. The van der Waals surface area contributed by atoms with Gasteiger partial charge in [-0.1, -0.05) is 29.8 Å². The molecule has 0 saturated carbocycles. The first-order chi connectivity index (χ1) is 10.2. The van der Waals surface area contributed by atoms with E-state index in [-0.39, 0.29) is 12.4 Å². The molecule has 4 nitrogen and oxygen atoms in total. The molecular weight excluding hydrogens is 264 g/mol. The Labute approximate surface area is 123 Å². The van der Waals surface area contributed by atoms with E-state index in [4.69, 9.17) is 4.74 Å². The van der Waals surface area contributed by atoms with E-state index in [1.165, 1.54) is 12.7 Å². The largest absolute Gasteiger partial charge is 0.469 e. The van der Waals surface area contributed by atoms with Gasteiger partial charge in [-0.05, 0) is 30.2 Å². The quantitative estimate of drug-likeness (QED) is 0.693. The Morgan fingerprint density at radius 3 is 2.81 bits per heavy atom. The third kappa shape index (κ3) is 2.65. The highest BCUT2D eigenvalue weighted by molar-refractivity contribution is 5.78. The third-order valence-electron chi connectivity index (χ3n) is 3.52. The molecule has 0 N–H and O–H groups in total. The molecule has 21 heavy (non-hydrogen) atoms. The van der Waals surface area contributed by atoms with Gasteiger partial charge in [0.15, 0.2) is 0 Å². The van der Waals surface area contributed by atoms with Gasteiger partial charge in [-0.3, -0.25) is 4.79 Å². The number of fused-ring (bicyclic) bond motifs is 1. The van der Waals surface area contributed by atoms with Crippen LogP contribution in [0.15, 0.2) is 48.8 Å². The zero-order valence-electron chi connectivity index (χ0n) is 12.0. The maximum absolute atomic E-state index is 11.5. The van der Waals surface area contributed by atoms with Crippen LogP contribution in [0.4, 0.5) is 0 Å². The first-order valence-electron chi connectivity index (χ1n) is 6.77. The Morgan fingerprint density at radius 2 is 2.05 bits per heavy atom. The normalized spacial score (nSPS) is 10.8. The maximum atomic E-state index is 11.5. The molecular formula is C17H16N2O2. The van der Waals surface area contributed by atoms with Gasteiger partial charge < -0.3 is 4.74 Å². The molecule has 4 heteroatoms. The van der Waals surface area contributed by atoms with Gasteiger partial charge >= 0.3 is 5.97 Å². The Kier molecular flexibility index (Phi) is 3.44. The molecule has 106 valence electrons. The second-order valence-corrected chi connectivity index (χ2v) is 5.04. The van der Waals surface area contributed by atoms with E-state index < -0.39 is 0 Å². The fourth-order valence-electron chi connectivity index (χ4n) is 2.40. The molecule has 2 heterocycles. The summed E-state index contributed by atoms with van der Waals surface area (Å²) >= 11 is 0. The van der Waals surface area contributed by atoms with Crippen molar-refractivity contribution in [2.24, 2.45) is 0 Å². The molecule has 0 saturated heterocycles. The summed E-state index contributed by atoms with van der Waals surface area (Å²) in [6.45, 7) is 2.07. The van der Waals surface area contributed by atoms with E-state index in [1.807, 2.05) is 18.3 Å². The molecule has 0 fully saturated rings. The molecule has 0 atom stereocenters. The van der Waals surface area contributed by atoms with Gasteiger partial charge in [0.25, 0.3) is 0 Å². The monoisotopic (exact) mass is 280 g/mol. The minimum Gasteiger partial charge on any atom is -0.469 e. The molecule has 3 rings (SSSR count). The molecule has 0 unspecified atom stereocenters. The number of nitrogens with zero attached hydrogens (tertiary/aromatic N) is 2. The van der Waals surface area contributed by atoms with Gasteiger partial charge in [-0.2, -0.15) is 5.10 Å². The van der Waals surface area contributed by atoms with Crippen molar-refractivity contribution in [3.05, 3.63) is 59.9 Å². The van der Waals surface area contributed by atoms with E-state index in [1.54, 1.807) is 10.7 Å². The summed E-state index contributed by atoms with van der Waals surface area (Å²) in [6, 6.07) is 12.4. The summed E-state index contributed by atoms with van der Waals surface area (Å²) in [7, 11) is 1.40. The summed E-state index contributed by atoms with van der Waals surface area (Å²) in [5.74, 6) is -0.258. The first-order valence-corrected chi connectivity index (χ1v) is 6.77. The smallest absolute Gasteiger partial charge is 0.310 e. The van der Waals surface area contributed by atoms with Gasteiger partial charge in [0.1, 0.15) is 0 Å². The minimum absolute atomic E-state index is 0.233. The van der Waals surface area contributed by atoms with Gasteiger partial charge in [-0.25, -0.2) is 4.52 Å². The van der Waals surface area contributed by atoms with Crippen LogP contribution in [0.25, 0.3) is 16.6 Å². The fraction of sp³-hybridized carbons (Fsp3) is 0.176. The van der Waals surface area contributed by atoms with E-state index in [2.05, 4.69) is 36.3 Å². The molecule has 0 spiro atoms. The molecule has 3 aromatic rings. The number of carbonyl (C=O) groups excluding carboxylic acids is 1. The number of ether oxygens (including phenoxy) is 1. The highest BCUT2D eigenvalue weighted by Gasteiger charge is 2.10. The molecule has 0 aliphatic carbocycles. The van der Waals surface area contributed by atoms with Crippen LogP contribution < -0.4 is 0 Å². The van der Waals surface area contributed by atoms with E-state index in [0.29, 0.717) is 0 Å². The second-order valence-electron chi connectivity index (χ2n) is 5.04. The maximum Gasteiger partial charge on any atom is 0.310 e. The number of aromatic nitrogens is 2. The molecule has 0 aliphatic heterocycles. The molecule has 2 aromatic heterocycles. The van der Waals surface area contributed by atoms with Crippen LogP contribution in [0.2, 0.25) is 0 Å². The van der Waals surface area contributed by atoms with Crippen LogP contribution in [0.5, 0.6) is 0 Å². The van der Waals surface area contributed by atoms with Gasteiger partial charge in [0.05, 0.1) is 25.2 Å².